The van der Waals surface area contributed by atoms with Crippen molar-refractivity contribution in [1.29, 1.82) is 0 Å². The number of ketones is 1. The van der Waals surface area contributed by atoms with Crippen molar-refractivity contribution in [3.05, 3.63) is 301 Å². The number of thiazole rings is 1. The fourth-order valence-corrected chi connectivity index (χ4v) is 14.5. The number of hydrogen-bond donors (Lipinski definition) is 4. The summed E-state index contributed by atoms with van der Waals surface area (Å²) in [4.78, 5) is 108. The molecular weight excluding hydrogens is 1420 g/mol. The molecule has 1 aliphatic carbocycles. The van der Waals surface area contributed by atoms with Crippen molar-refractivity contribution in [2.45, 2.75) is 130 Å². The predicted octanol–water partition coefficient (Wildman–Crippen LogP) is 15.4. The van der Waals surface area contributed by atoms with Gasteiger partial charge in [-0.3, -0.25) is 47.2 Å². The van der Waals surface area contributed by atoms with Crippen LogP contribution in [-0.2, 0) is 63.6 Å². The summed E-state index contributed by atoms with van der Waals surface area (Å²) in [6.45, 7) is 30.6. The summed E-state index contributed by atoms with van der Waals surface area (Å²) in [6.07, 6.45) is 1.84. The standard InChI is InChI=1S/C11H13NO2.C10H12N2O.C10H11NO2.C10H11NO.C10H10O.2C9H9NO2.C9H9NOS.C8H7NO2/c1-4-12-10-8(3)5-7(2)6-9(10)14-11(12)13;1-7-4-5-8-9(6-7)12(3)10(13)11(8)2;1-6-4-7(2)9-8(5-6)13-10(12)11(9)3;1-6-3-7(2)10-8(4-6)5-9(12)11-10;1-7-2-3-8-5-10(11)6-9(8)4-7;1-5-3-6(2)8-7(4-5)12-9(11)10-8;1-6-3-4-7-8(5-6)12-9(11)10(7)2;1-5-3-6(2)8-7(4-5)12-9(11)10-8;1-5-2-3-6-7(4-5)11-8(10)9-6/h5-6H,4H2,1-3H3;4-6H,1-3H3;4-5H,1-3H3;3-4H,5H2,1-2H3,(H,11,12);2-4H,5-6H2,1H3;3-4H,1-2H3,(H,10,11);3-5H,1-2H3;3-4H,1-2H3,(H,10,11);2-4H,1H3,(H,9,10). The molecule has 0 atom stereocenters. The maximum Gasteiger partial charge on any atom is 0.419 e. The number of hydrogen-bond acceptors (Lipinski definition) is 15. The lowest BCUT2D eigenvalue weighted by Crippen LogP contribution is -2.19. The number of nitrogens with zero attached hydrogens (tertiary/aromatic N) is 5. The lowest BCUT2D eigenvalue weighted by Gasteiger charge is -2.04. The first kappa shape index (κ1) is 80.0. The molecule has 0 radical (unpaired) electrons. The fourth-order valence-electron chi connectivity index (χ4n) is 13.6. The summed E-state index contributed by atoms with van der Waals surface area (Å²) >= 11 is 1.27. The zero-order valence-corrected chi connectivity index (χ0v) is 66.2. The molecular formula is C86H91N9O14S. The number of anilines is 1. The Morgan fingerprint density at radius 1 is 0.364 bits per heavy atom. The van der Waals surface area contributed by atoms with Crippen LogP contribution in [0.3, 0.4) is 0 Å². The topological polar surface area (TPSA) is 303 Å². The van der Waals surface area contributed by atoms with Crippen molar-refractivity contribution in [3.63, 3.8) is 0 Å². The maximum absolute atomic E-state index is 11.5. The number of H-pyrrole nitrogens is 3. The van der Waals surface area contributed by atoms with Gasteiger partial charge in [-0.05, 0) is 248 Å². The number of carbonyl (C=O) groups is 2. The number of fused-ring (bicyclic) bond motifs is 9. The normalized spacial score (nSPS) is 11.7. The van der Waals surface area contributed by atoms with E-state index in [1.165, 1.54) is 53.9 Å². The van der Waals surface area contributed by atoms with Gasteiger partial charge in [0.05, 0.1) is 55.3 Å². The second-order valence-electron chi connectivity index (χ2n) is 28.1. The molecule has 9 aromatic carbocycles. The van der Waals surface area contributed by atoms with Gasteiger partial charge in [0.1, 0.15) is 5.78 Å². The van der Waals surface area contributed by atoms with E-state index in [2.05, 4.69) is 76.6 Å². The van der Waals surface area contributed by atoms with Crippen molar-refractivity contribution >= 4 is 105 Å². The van der Waals surface area contributed by atoms with E-state index in [1.807, 2.05) is 181 Å². The highest BCUT2D eigenvalue weighted by Crippen LogP contribution is 2.29. The summed E-state index contributed by atoms with van der Waals surface area (Å²) in [7, 11) is 7.00. The number of nitrogens with one attached hydrogen (secondary N) is 4. The van der Waals surface area contributed by atoms with E-state index in [9.17, 15) is 43.2 Å². The minimum atomic E-state index is -0.398. The fraction of sp³-hybridized carbons (Fsp3) is 0.267. The second-order valence-corrected chi connectivity index (χ2v) is 29.2. The van der Waals surface area contributed by atoms with Gasteiger partial charge >= 0.3 is 39.3 Å². The van der Waals surface area contributed by atoms with Crippen LogP contribution >= 0.6 is 11.3 Å². The highest BCUT2D eigenvalue weighted by atomic mass is 32.1. The lowest BCUT2D eigenvalue weighted by atomic mass is 10.0. The van der Waals surface area contributed by atoms with Crippen LogP contribution in [0.5, 0.6) is 0 Å². The van der Waals surface area contributed by atoms with Crippen molar-refractivity contribution in [2.24, 2.45) is 28.2 Å². The minimum absolute atomic E-state index is 0.0266. The number of benzene rings is 9. The van der Waals surface area contributed by atoms with Crippen LogP contribution in [0.4, 0.5) is 5.69 Å². The smallest absolute Gasteiger partial charge is 0.408 e. The molecule has 0 fully saturated rings. The number of Topliss-reactive ketones (excluding diaryl/α,β-unsaturated/α-hetero) is 1. The Labute approximate surface area is 635 Å². The highest BCUT2D eigenvalue weighted by Gasteiger charge is 2.20. The Morgan fingerprint density at radius 3 is 1.51 bits per heavy atom. The van der Waals surface area contributed by atoms with Crippen LogP contribution in [-0.4, -0.2) is 49.5 Å². The van der Waals surface area contributed by atoms with E-state index >= 15 is 0 Å². The Kier molecular flexibility index (Phi) is 24.5. The third-order valence-electron chi connectivity index (χ3n) is 18.6. The molecule has 0 unspecified atom stereocenters. The molecule has 0 bridgehead atoms. The Bertz CT molecular complexity index is 6530. The van der Waals surface area contributed by atoms with Gasteiger partial charge in [-0.15, -0.1) is 0 Å². The van der Waals surface area contributed by atoms with E-state index < -0.39 is 11.5 Å². The van der Waals surface area contributed by atoms with Crippen LogP contribution < -0.4 is 44.7 Å². The van der Waals surface area contributed by atoms with Gasteiger partial charge in [-0.1, -0.05) is 95.3 Å². The molecule has 1 aliphatic heterocycles. The summed E-state index contributed by atoms with van der Waals surface area (Å²) in [5, 5.41) is 2.85. The Morgan fingerprint density at radius 2 is 0.836 bits per heavy atom. The Balaban J connectivity index is 0.000000132. The van der Waals surface area contributed by atoms with Crippen molar-refractivity contribution < 1.29 is 31.7 Å². The maximum atomic E-state index is 11.5. The summed E-state index contributed by atoms with van der Waals surface area (Å²) in [5.41, 5.74) is 30.9. The quantitative estimate of drug-likeness (QED) is 0.119. The average Bonchev–Trinajstić information content (AvgIpc) is 1.63. The first-order chi connectivity index (χ1) is 52.0. The minimum Gasteiger partial charge on any atom is -0.408 e. The third kappa shape index (κ3) is 18.7. The Hall–Kier alpha value is -12.6. The van der Waals surface area contributed by atoms with E-state index in [0.717, 1.165) is 116 Å². The molecule has 2 aliphatic rings. The first-order valence-electron chi connectivity index (χ1n) is 35.7. The third-order valence-corrected chi connectivity index (χ3v) is 19.5. The molecule has 7 aromatic heterocycles. The summed E-state index contributed by atoms with van der Waals surface area (Å²) < 4.78 is 34.0. The van der Waals surface area contributed by atoms with Crippen LogP contribution in [0.1, 0.15) is 102 Å². The van der Waals surface area contributed by atoms with Gasteiger partial charge < -0.3 is 32.4 Å². The molecule has 570 valence electrons. The van der Waals surface area contributed by atoms with Gasteiger partial charge in [0.15, 0.2) is 27.9 Å². The monoisotopic (exact) mass is 1510 g/mol. The van der Waals surface area contributed by atoms with Crippen LogP contribution in [0.25, 0.3) is 76.7 Å². The SMILES string of the molecule is CCn1c(=O)oc2cc(C)cc(C)c21.Cc1cc(C)c2[nH]c(=O)oc2c1.Cc1cc(C)c2[nH]c(=O)sc2c1.Cc1cc(C)c2c(c1)CC(=O)N2.Cc1cc(C)c2c(c1)oc(=O)n2C.Cc1ccc2[nH]c(=O)oc2c1.Cc1ccc2c(c1)CC(=O)C2.Cc1ccc2c(c1)n(C)c(=O)n2C.Cc1ccc2c(c1)oc(=O)n2C. The molecule has 4 N–H and O–H groups in total. The molecule has 0 spiro atoms. The number of rotatable bonds is 1. The number of oxazole rings is 5. The van der Waals surface area contributed by atoms with Crippen molar-refractivity contribution in [2.75, 3.05) is 5.32 Å². The molecule has 0 saturated heterocycles. The molecule has 23 nitrogen and oxygen atoms in total. The van der Waals surface area contributed by atoms with Gasteiger partial charge in [0.2, 0.25) is 5.91 Å². The first-order valence-corrected chi connectivity index (χ1v) is 36.5. The van der Waals surface area contributed by atoms with Gasteiger partial charge in [-0.2, -0.15) is 0 Å². The highest BCUT2D eigenvalue weighted by molar-refractivity contribution is 7.16. The number of carbonyl (C=O) groups excluding carboxylic acids is 2. The second kappa shape index (κ2) is 33.7. The molecule has 1 amide bonds. The van der Waals surface area contributed by atoms with Crippen molar-refractivity contribution in [3.8, 4) is 0 Å². The molecule has 8 heterocycles. The van der Waals surface area contributed by atoms with Gasteiger partial charge in [0, 0.05) is 53.3 Å². The molecule has 0 saturated carbocycles. The largest absolute Gasteiger partial charge is 0.419 e. The van der Waals surface area contributed by atoms with Gasteiger partial charge in [0.25, 0.3) is 0 Å². The van der Waals surface area contributed by atoms with E-state index in [1.54, 1.807) is 41.9 Å². The number of amides is 1. The summed E-state index contributed by atoms with van der Waals surface area (Å²) in [5.74, 6) is -1.20. The molecule has 16 aromatic rings. The van der Waals surface area contributed by atoms with Crippen LogP contribution in [0.2, 0.25) is 0 Å². The molecule has 24 heteroatoms. The molecule has 18 rings (SSSR count). The van der Waals surface area contributed by atoms with E-state index in [-0.39, 0.29) is 33.7 Å². The number of aromatic nitrogens is 8. The average molecular weight is 1510 g/mol. The number of aryl methyl sites for hydroxylation is 19. The number of imidazole rings is 1. The summed E-state index contributed by atoms with van der Waals surface area (Å²) in [6, 6.07) is 43.5. The molecule has 110 heavy (non-hydrogen) atoms. The van der Waals surface area contributed by atoms with E-state index in [4.69, 9.17) is 22.1 Å². The van der Waals surface area contributed by atoms with E-state index in [0.29, 0.717) is 59.5 Å². The van der Waals surface area contributed by atoms with Crippen LogP contribution in [0.15, 0.2) is 189 Å². The lowest BCUT2D eigenvalue weighted by molar-refractivity contribution is -0.117. The number of aromatic amines is 3. The zero-order valence-electron chi connectivity index (χ0n) is 65.4. The van der Waals surface area contributed by atoms with Crippen molar-refractivity contribution in [1.82, 2.24) is 37.8 Å². The van der Waals surface area contributed by atoms with Crippen LogP contribution in [0, 0.1) is 96.9 Å². The van der Waals surface area contributed by atoms with Gasteiger partial charge in [-0.25, -0.2) is 28.8 Å². The zero-order chi connectivity index (χ0) is 80.0. The predicted molar refractivity (Wildman–Crippen MR) is 437 cm³/mol.